The average Bonchev–Trinajstić information content (AvgIpc) is 2.76. The predicted octanol–water partition coefficient (Wildman–Crippen LogP) is 1.91. The largest absolute Gasteiger partial charge is 0.481 e. The number of nitrogens with one attached hydrogen (secondary N) is 1. The van der Waals surface area contributed by atoms with Crippen LogP contribution >= 0.6 is 0 Å². The van der Waals surface area contributed by atoms with Crippen LogP contribution in [0.5, 0.6) is 0 Å². The molecular formula is C14H18N2O3. The van der Waals surface area contributed by atoms with Gasteiger partial charge in [0.25, 0.3) is 5.91 Å². The van der Waals surface area contributed by atoms with Crippen LogP contribution in [-0.2, 0) is 4.79 Å². The monoisotopic (exact) mass is 262 g/mol. The first kappa shape index (κ1) is 13.5. The van der Waals surface area contributed by atoms with Crippen LogP contribution in [0.2, 0.25) is 0 Å². The van der Waals surface area contributed by atoms with Crippen LogP contribution in [-0.4, -0.2) is 27.5 Å². The molecule has 5 nitrogen and oxygen atoms in total. The van der Waals surface area contributed by atoms with Gasteiger partial charge in [-0.25, -0.2) is 0 Å². The molecule has 1 aliphatic carbocycles. The molecule has 1 saturated carbocycles. The van der Waals surface area contributed by atoms with Crippen LogP contribution in [0.3, 0.4) is 0 Å². The van der Waals surface area contributed by atoms with Gasteiger partial charge in [0.05, 0.1) is 12.0 Å². The zero-order valence-electron chi connectivity index (χ0n) is 11.0. The van der Waals surface area contributed by atoms with Gasteiger partial charge < -0.3 is 10.4 Å². The summed E-state index contributed by atoms with van der Waals surface area (Å²) in [7, 11) is 0. The Balaban J connectivity index is 2.13. The van der Waals surface area contributed by atoms with Crippen molar-refractivity contribution >= 4 is 11.9 Å². The summed E-state index contributed by atoms with van der Waals surface area (Å²) in [4.78, 5) is 27.2. The lowest BCUT2D eigenvalue weighted by atomic mass is 9.92. The Morgan fingerprint density at radius 1 is 1.42 bits per heavy atom. The molecule has 0 radical (unpaired) electrons. The molecule has 1 heterocycles. The molecule has 0 bridgehead atoms. The first-order chi connectivity index (χ1) is 9.01. The standard InChI is InChI=1S/C14H18N2O3/c1-10-8-11(4-7-15-10)13(19)16-14(9-12(17)18)5-2-3-6-14/h4,7-8H,2-3,5-6,9H2,1H3,(H,16,19)(H,17,18). The molecule has 1 aromatic heterocycles. The fourth-order valence-corrected chi connectivity index (χ4v) is 2.69. The number of pyridine rings is 1. The molecule has 0 aromatic carbocycles. The molecule has 5 heteroatoms. The summed E-state index contributed by atoms with van der Waals surface area (Å²) in [6.45, 7) is 1.82. The highest BCUT2D eigenvalue weighted by molar-refractivity contribution is 5.95. The minimum absolute atomic E-state index is 0.0111. The third-order valence-electron chi connectivity index (χ3n) is 3.59. The maximum atomic E-state index is 12.2. The number of aryl methyl sites for hydroxylation is 1. The lowest BCUT2D eigenvalue weighted by molar-refractivity contribution is -0.138. The van der Waals surface area contributed by atoms with Crippen molar-refractivity contribution in [3.05, 3.63) is 29.6 Å². The van der Waals surface area contributed by atoms with E-state index in [1.807, 2.05) is 6.92 Å². The van der Waals surface area contributed by atoms with Gasteiger partial charge in [-0.1, -0.05) is 12.8 Å². The van der Waals surface area contributed by atoms with E-state index >= 15 is 0 Å². The molecule has 0 atom stereocenters. The Kier molecular flexibility index (Phi) is 3.83. The number of aromatic nitrogens is 1. The van der Waals surface area contributed by atoms with Gasteiger partial charge in [-0.3, -0.25) is 14.6 Å². The van der Waals surface area contributed by atoms with Crippen molar-refractivity contribution in [3.63, 3.8) is 0 Å². The number of carbonyl (C=O) groups is 2. The normalized spacial score (nSPS) is 17.1. The fraction of sp³-hybridized carbons (Fsp3) is 0.500. The van der Waals surface area contributed by atoms with Crippen molar-refractivity contribution in [2.75, 3.05) is 0 Å². The number of hydrogen-bond acceptors (Lipinski definition) is 3. The molecule has 0 saturated heterocycles. The van der Waals surface area contributed by atoms with Crippen molar-refractivity contribution in [2.24, 2.45) is 0 Å². The predicted molar refractivity (Wildman–Crippen MR) is 69.9 cm³/mol. The second-order valence-electron chi connectivity index (χ2n) is 5.20. The van der Waals surface area contributed by atoms with Crippen LogP contribution in [0.1, 0.15) is 48.2 Å². The summed E-state index contributed by atoms with van der Waals surface area (Å²) in [5.74, 6) is -1.08. The third-order valence-corrected chi connectivity index (χ3v) is 3.59. The second-order valence-corrected chi connectivity index (χ2v) is 5.20. The van der Waals surface area contributed by atoms with E-state index in [-0.39, 0.29) is 12.3 Å². The molecule has 1 aliphatic rings. The van der Waals surface area contributed by atoms with E-state index in [1.54, 1.807) is 18.3 Å². The van der Waals surface area contributed by atoms with Crippen LogP contribution in [0.15, 0.2) is 18.3 Å². The smallest absolute Gasteiger partial charge is 0.305 e. The summed E-state index contributed by atoms with van der Waals surface area (Å²) in [6, 6.07) is 3.35. The number of carboxylic acid groups (broad SMARTS) is 1. The van der Waals surface area contributed by atoms with Gasteiger partial charge in [0, 0.05) is 17.5 Å². The zero-order chi connectivity index (χ0) is 13.9. The van der Waals surface area contributed by atoms with E-state index in [4.69, 9.17) is 5.11 Å². The molecule has 102 valence electrons. The first-order valence-corrected chi connectivity index (χ1v) is 6.48. The van der Waals surface area contributed by atoms with Crippen LogP contribution in [0, 0.1) is 6.92 Å². The molecule has 1 amide bonds. The van der Waals surface area contributed by atoms with Crippen molar-refractivity contribution in [1.29, 1.82) is 0 Å². The number of nitrogens with zero attached hydrogens (tertiary/aromatic N) is 1. The number of amides is 1. The van der Waals surface area contributed by atoms with Crippen molar-refractivity contribution in [1.82, 2.24) is 10.3 Å². The van der Waals surface area contributed by atoms with Gasteiger partial charge in [-0.15, -0.1) is 0 Å². The zero-order valence-corrected chi connectivity index (χ0v) is 11.0. The topological polar surface area (TPSA) is 79.3 Å². The van der Waals surface area contributed by atoms with E-state index < -0.39 is 11.5 Å². The van der Waals surface area contributed by atoms with Gasteiger partial charge in [-0.05, 0) is 31.9 Å². The summed E-state index contributed by atoms with van der Waals surface area (Å²) >= 11 is 0. The molecule has 19 heavy (non-hydrogen) atoms. The van der Waals surface area contributed by atoms with E-state index in [1.165, 1.54) is 0 Å². The number of aliphatic carboxylic acids is 1. The van der Waals surface area contributed by atoms with Crippen LogP contribution < -0.4 is 5.32 Å². The first-order valence-electron chi connectivity index (χ1n) is 6.48. The Bertz CT molecular complexity index is 493. The molecule has 2 N–H and O–H groups in total. The van der Waals surface area contributed by atoms with Gasteiger partial charge in [0.15, 0.2) is 0 Å². The van der Waals surface area contributed by atoms with Gasteiger partial charge in [0.1, 0.15) is 0 Å². The molecule has 0 unspecified atom stereocenters. The minimum atomic E-state index is -0.867. The molecular weight excluding hydrogens is 244 g/mol. The van der Waals surface area contributed by atoms with E-state index in [9.17, 15) is 9.59 Å². The van der Waals surface area contributed by atoms with E-state index in [2.05, 4.69) is 10.3 Å². The second kappa shape index (κ2) is 5.38. The van der Waals surface area contributed by atoms with Crippen LogP contribution in [0.25, 0.3) is 0 Å². The highest BCUT2D eigenvalue weighted by atomic mass is 16.4. The third kappa shape index (κ3) is 3.30. The highest BCUT2D eigenvalue weighted by Crippen LogP contribution is 2.32. The fourth-order valence-electron chi connectivity index (χ4n) is 2.69. The average molecular weight is 262 g/mol. The van der Waals surface area contributed by atoms with E-state index in [0.29, 0.717) is 5.56 Å². The summed E-state index contributed by atoms with van der Waals surface area (Å²) in [6.07, 6.45) is 4.96. The maximum absolute atomic E-state index is 12.2. The number of hydrogen-bond donors (Lipinski definition) is 2. The van der Waals surface area contributed by atoms with Crippen molar-refractivity contribution in [3.8, 4) is 0 Å². The Labute approximate surface area is 112 Å². The SMILES string of the molecule is Cc1cc(C(=O)NC2(CC(=O)O)CCCC2)ccn1. The van der Waals surface area contributed by atoms with Gasteiger partial charge in [0.2, 0.25) is 0 Å². The van der Waals surface area contributed by atoms with Gasteiger partial charge in [-0.2, -0.15) is 0 Å². The number of carboxylic acids is 1. The quantitative estimate of drug-likeness (QED) is 0.868. The minimum Gasteiger partial charge on any atom is -0.481 e. The van der Waals surface area contributed by atoms with Crippen molar-refractivity contribution in [2.45, 2.75) is 44.6 Å². The summed E-state index contributed by atoms with van der Waals surface area (Å²) in [5.41, 5.74) is 0.718. The number of carbonyl (C=O) groups excluding carboxylic acids is 1. The Morgan fingerprint density at radius 2 is 2.11 bits per heavy atom. The molecule has 0 spiro atoms. The summed E-state index contributed by atoms with van der Waals surface area (Å²) in [5, 5.41) is 11.9. The highest BCUT2D eigenvalue weighted by Gasteiger charge is 2.37. The van der Waals surface area contributed by atoms with Crippen LogP contribution in [0.4, 0.5) is 0 Å². The van der Waals surface area contributed by atoms with E-state index in [0.717, 1.165) is 31.4 Å². The molecule has 1 fully saturated rings. The lowest BCUT2D eigenvalue weighted by Crippen LogP contribution is -2.47. The van der Waals surface area contributed by atoms with Gasteiger partial charge >= 0.3 is 5.97 Å². The maximum Gasteiger partial charge on any atom is 0.305 e. The molecule has 0 aliphatic heterocycles. The lowest BCUT2D eigenvalue weighted by Gasteiger charge is -2.28. The molecule has 2 rings (SSSR count). The number of rotatable bonds is 4. The Morgan fingerprint density at radius 3 is 2.68 bits per heavy atom. The Hall–Kier alpha value is -1.91. The molecule has 1 aromatic rings. The summed E-state index contributed by atoms with van der Waals surface area (Å²) < 4.78 is 0. The van der Waals surface area contributed by atoms with Crippen molar-refractivity contribution < 1.29 is 14.7 Å².